The Bertz CT molecular complexity index is 337. The van der Waals surface area contributed by atoms with Crippen LogP contribution in [0, 0.1) is 11.8 Å². The molecule has 0 aromatic rings. The summed E-state index contributed by atoms with van der Waals surface area (Å²) in [6.07, 6.45) is 2.25. The van der Waals surface area contributed by atoms with Gasteiger partial charge in [-0.15, -0.1) is 0 Å². The van der Waals surface area contributed by atoms with E-state index in [4.69, 9.17) is 9.84 Å². The molecular formula is C12H19NO4. The molecule has 1 amide bonds. The lowest BCUT2D eigenvalue weighted by Gasteiger charge is -2.34. The van der Waals surface area contributed by atoms with Crippen LogP contribution in [0.5, 0.6) is 0 Å². The zero-order valence-electron chi connectivity index (χ0n) is 10.3. The molecule has 96 valence electrons. The van der Waals surface area contributed by atoms with Gasteiger partial charge in [0, 0.05) is 26.0 Å². The largest absolute Gasteiger partial charge is 0.479 e. The fraction of sp³-hybridized carbons (Fsp3) is 0.833. The number of rotatable bonds is 3. The molecule has 1 N–H and O–H groups in total. The minimum Gasteiger partial charge on any atom is -0.479 e. The Morgan fingerprint density at radius 3 is 2.47 bits per heavy atom. The van der Waals surface area contributed by atoms with Crippen molar-refractivity contribution in [3.8, 4) is 0 Å². The number of ether oxygens (including phenoxy) is 1. The van der Waals surface area contributed by atoms with Crippen molar-refractivity contribution in [2.24, 2.45) is 11.8 Å². The summed E-state index contributed by atoms with van der Waals surface area (Å²) in [7, 11) is 1.40. The predicted molar refractivity (Wildman–Crippen MR) is 60.5 cm³/mol. The number of hydrogen-bond acceptors (Lipinski definition) is 3. The number of hydrogen-bond donors (Lipinski definition) is 1. The maximum atomic E-state index is 12.1. The molecule has 0 spiro atoms. The van der Waals surface area contributed by atoms with E-state index in [1.807, 2.05) is 0 Å². The molecule has 0 aromatic carbocycles. The average molecular weight is 241 g/mol. The number of carbonyl (C=O) groups excluding carboxylic acids is 1. The van der Waals surface area contributed by atoms with E-state index in [-0.39, 0.29) is 18.4 Å². The maximum Gasteiger partial charge on any atom is 0.337 e. The van der Waals surface area contributed by atoms with E-state index in [0.29, 0.717) is 18.9 Å². The van der Waals surface area contributed by atoms with Crippen molar-refractivity contribution >= 4 is 11.9 Å². The van der Waals surface area contributed by atoms with E-state index in [9.17, 15) is 9.59 Å². The minimum atomic E-state index is -1.19. The summed E-state index contributed by atoms with van der Waals surface area (Å²) in [5.74, 6) is -0.148. The first kappa shape index (κ1) is 12.4. The van der Waals surface area contributed by atoms with Crippen molar-refractivity contribution in [2.75, 3.05) is 20.2 Å². The number of carboxylic acids is 1. The van der Waals surface area contributed by atoms with E-state index in [0.717, 1.165) is 12.8 Å². The molecule has 2 rings (SSSR count). The molecular weight excluding hydrogens is 222 g/mol. The molecule has 0 bridgehead atoms. The van der Waals surface area contributed by atoms with Crippen LogP contribution in [-0.4, -0.2) is 47.7 Å². The number of likely N-dealkylation sites (tertiary alicyclic amines) is 1. The second kappa shape index (κ2) is 4.29. The third-order valence-corrected chi connectivity index (χ3v) is 4.05. The Morgan fingerprint density at radius 2 is 2.06 bits per heavy atom. The summed E-state index contributed by atoms with van der Waals surface area (Å²) in [5.41, 5.74) is -1.19. The quantitative estimate of drug-likeness (QED) is 0.791. The third kappa shape index (κ3) is 2.04. The second-order valence-electron chi connectivity index (χ2n) is 5.29. The monoisotopic (exact) mass is 241 g/mol. The Balaban J connectivity index is 1.97. The van der Waals surface area contributed by atoms with Gasteiger partial charge in [-0.1, -0.05) is 6.92 Å². The molecule has 5 heteroatoms. The zero-order chi connectivity index (χ0) is 12.6. The molecule has 2 fully saturated rings. The van der Waals surface area contributed by atoms with Gasteiger partial charge in [-0.25, -0.2) is 4.79 Å². The van der Waals surface area contributed by atoms with Gasteiger partial charge in [0.05, 0.1) is 6.54 Å². The highest BCUT2D eigenvalue weighted by Crippen LogP contribution is 2.36. The number of methoxy groups -OCH3 is 1. The molecule has 17 heavy (non-hydrogen) atoms. The Kier molecular flexibility index (Phi) is 3.12. The van der Waals surface area contributed by atoms with Gasteiger partial charge in [0.1, 0.15) is 0 Å². The van der Waals surface area contributed by atoms with Gasteiger partial charge in [0.2, 0.25) is 5.91 Å². The Morgan fingerprint density at radius 1 is 1.41 bits per heavy atom. The third-order valence-electron chi connectivity index (χ3n) is 4.05. The van der Waals surface area contributed by atoms with Crippen molar-refractivity contribution in [1.29, 1.82) is 0 Å². The van der Waals surface area contributed by atoms with Crippen LogP contribution in [-0.2, 0) is 14.3 Å². The van der Waals surface area contributed by atoms with Crippen molar-refractivity contribution in [1.82, 2.24) is 4.90 Å². The molecule has 1 saturated carbocycles. The first-order valence-corrected chi connectivity index (χ1v) is 6.06. The summed E-state index contributed by atoms with van der Waals surface area (Å²) >= 11 is 0. The van der Waals surface area contributed by atoms with Crippen LogP contribution in [0.3, 0.4) is 0 Å². The summed E-state index contributed by atoms with van der Waals surface area (Å²) in [6.45, 7) is 2.80. The van der Waals surface area contributed by atoms with E-state index in [2.05, 4.69) is 6.92 Å². The van der Waals surface area contributed by atoms with Crippen LogP contribution in [0.2, 0.25) is 0 Å². The summed E-state index contributed by atoms with van der Waals surface area (Å²) in [4.78, 5) is 24.9. The second-order valence-corrected chi connectivity index (χ2v) is 5.29. The van der Waals surface area contributed by atoms with E-state index >= 15 is 0 Å². The lowest BCUT2D eigenvalue weighted by atomic mass is 9.75. The van der Waals surface area contributed by atoms with E-state index in [1.165, 1.54) is 7.11 Å². The molecule has 5 nitrogen and oxygen atoms in total. The topological polar surface area (TPSA) is 66.8 Å². The van der Waals surface area contributed by atoms with Crippen LogP contribution >= 0.6 is 0 Å². The van der Waals surface area contributed by atoms with Crippen LogP contribution in [0.4, 0.5) is 0 Å². The zero-order valence-corrected chi connectivity index (χ0v) is 10.3. The molecule has 2 aliphatic rings. The molecule has 1 saturated heterocycles. The molecule has 0 radical (unpaired) electrons. The minimum absolute atomic E-state index is 0.100. The molecule has 1 unspecified atom stereocenters. The summed E-state index contributed by atoms with van der Waals surface area (Å²) < 4.78 is 5.10. The highest BCUT2D eigenvalue weighted by molar-refractivity contribution is 5.84. The number of nitrogens with zero attached hydrogens (tertiary/aromatic N) is 1. The fourth-order valence-electron chi connectivity index (χ4n) is 2.76. The van der Waals surface area contributed by atoms with Gasteiger partial charge in [0.25, 0.3) is 0 Å². The maximum absolute atomic E-state index is 12.1. The first-order chi connectivity index (χ1) is 7.98. The first-order valence-electron chi connectivity index (χ1n) is 6.06. The summed E-state index contributed by atoms with van der Waals surface area (Å²) in [5, 5.41) is 9.15. The predicted octanol–water partition coefficient (Wildman–Crippen LogP) is 0.735. The van der Waals surface area contributed by atoms with Gasteiger partial charge in [-0.05, 0) is 18.8 Å². The van der Waals surface area contributed by atoms with Crippen molar-refractivity contribution in [2.45, 2.75) is 31.8 Å². The van der Waals surface area contributed by atoms with Gasteiger partial charge in [0.15, 0.2) is 5.60 Å². The van der Waals surface area contributed by atoms with Gasteiger partial charge < -0.3 is 14.7 Å². The van der Waals surface area contributed by atoms with Crippen LogP contribution in [0.25, 0.3) is 0 Å². The lowest BCUT2D eigenvalue weighted by molar-refractivity contribution is -0.161. The number of carbonyl (C=O) groups is 2. The Hall–Kier alpha value is -1.10. The van der Waals surface area contributed by atoms with E-state index < -0.39 is 11.6 Å². The molecule has 1 aliphatic heterocycles. The highest BCUT2D eigenvalue weighted by Gasteiger charge is 2.48. The van der Waals surface area contributed by atoms with Crippen LogP contribution < -0.4 is 0 Å². The smallest absolute Gasteiger partial charge is 0.337 e. The van der Waals surface area contributed by atoms with Crippen molar-refractivity contribution in [3.63, 3.8) is 0 Å². The lowest BCUT2D eigenvalue weighted by Crippen LogP contribution is -2.46. The molecule has 1 aliphatic carbocycles. The Labute approximate surface area is 101 Å². The number of amides is 1. The van der Waals surface area contributed by atoms with Crippen LogP contribution in [0.15, 0.2) is 0 Å². The SMILES string of the molecule is COC1(C(=O)O)CCN(C(=O)C2CC(C)C2)C1. The fourth-order valence-corrected chi connectivity index (χ4v) is 2.76. The molecule has 1 atom stereocenters. The highest BCUT2D eigenvalue weighted by atomic mass is 16.5. The standard InChI is InChI=1S/C12H19NO4/c1-8-5-9(6-8)10(14)13-4-3-12(7-13,17-2)11(15)16/h8-9H,3-7H2,1-2H3,(H,15,16). The van der Waals surface area contributed by atoms with Gasteiger partial charge in [-0.3, -0.25) is 4.79 Å². The molecule has 0 aromatic heterocycles. The van der Waals surface area contributed by atoms with Crippen molar-refractivity contribution < 1.29 is 19.4 Å². The molecule has 1 heterocycles. The average Bonchev–Trinajstić information content (AvgIpc) is 2.69. The summed E-state index contributed by atoms with van der Waals surface area (Å²) in [6, 6.07) is 0. The number of carboxylic acid groups (broad SMARTS) is 1. The van der Waals surface area contributed by atoms with Gasteiger partial charge in [-0.2, -0.15) is 0 Å². The van der Waals surface area contributed by atoms with Crippen LogP contribution in [0.1, 0.15) is 26.2 Å². The van der Waals surface area contributed by atoms with E-state index in [1.54, 1.807) is 4.90 Å². The van der Waals surface area contributed by atoms with Crippen molar-refractivity contribution in [3.05, 3.63) is 0 Å². The van der Waals surface area contributed by atoms with Gasteiger partial charge >= 0.3 is 5.97 Å². The normalized spacial score (nSPS) is 36.7. The number of aliphatic carboxylic acids is 1.